The molecular formula is C18H19N3O5. The number of hydrazone groups is 1. The van der Waals surface area contributed by atoms with Crippen molar-refractivity contribution in [2.75, 3.05) is 25.6 Å². The zero-order valence-corrected chi connectivity index (χ0v) is 14.1. The van der Waals surface area contributed by atoms with Crippen LogP contribution in [0.2, 0.25) is 0 Å². The maximum absolute atomic E-state index is 11.9. The molecule has 0 atom stereocenters. The fourth-order valence-corrected chi connectivity index (χ4v) is 2.04. The molecule has 8 heteroatoms. The van der Waals surface area contributed by atoms with Crippen molar-refractivity contribution in [3.63, 3.8) is 0 Å². The Hall–Kier alpha value is -3.55. The summed E-state index contributed by atoms with van der Waals surface area (Å²) in [4.78, 5) is 22.5. The smallest absolute Gasteiger partial charge is 0.341 e. The Morgan fingerprint density at radius 2 is 1.81 bits per heavy atom. The SMILES string of the molecule is COc1ccccc1NCC(=O)N/N=C/c1ccccc1OCC(=O)O. The largest absolute Gasteiger partial charge is 0.495 e. The van der Waals surface area contributed by atoms with E-state index in [1.54, 1.807) is 43.5 Å². The maximum atomic E-state index is 11.9. The molecule has 2 rings (SSSR count). The fourth-order valence-electron chi connectivity index (χ4n) is 2.04. The molecule has 1 amide bonds. The second-order valence-electron chi connectivity index (χ2n) is 5.07. The summed E-state index contributed by atoms with van der Waals surface area (Å²) >= 11 is 0. The van der Waals surface area contributed by atoms with Gasteiger partial charge in [-0.3, -0.25) is 4.79 Å². The first-order valence-corrected chi connectivity index (χ1v) is 7.72. The molecule has 0 aliphatic heterocycles. The number of anilines is 1. The number of carbonyl (C=O) groups is 2. The number of carboxylic acids is 1. The maximum Gasteiger partial charge on any atom is 0.341 e. The molecular weight excluding hydrogens is 338 g/mol. The Bertz CT molecular complexity index is 792. The Morgan fingerprint density at radius 1 is 1.12 bits per heavy atom. The van der Waals surface area contributed by atoms with Gasteiger partial charge >= 0.3 is 5.97 Å². The predicted octanol–water partition coefficient (Wildman–Crippen LogP) is 1.72. The molecule has 0 aromatic heterocycles. The van der Waals surface area contributed by atoms with Gasteiger partial charge in [-0.1, -0.05) is 24.3 Å². The Labute approximate surface area is 150 Å². The number of aliphatic carboxylic acids is 1. The van der Waals surface area contributed by atoms with Crippen LogP contribution in [0.3, 0.4) is 0 Å². The van der Waals surface area contributed by atoms with E-state index in [1.165, 1.54) is 6.21 Å². The van der Waals surface area contributed by atoms with E-state index in [2.05, 4.69) is 15.8 Å². The summed E-state index contributed by atoms with van der Waals surface area (Å²) in [5.74, 6) is -0.433. The third-order valence-electron chi connectivity index (χ3n) is 3.21. The van der Waals surface area contributed by atoms with Gasteiger partial charge in [0.05, 0.1) is 25.6 Å². The van der Waals surface area contributed by atoms with Gasteiger partial charge in [-0.2, -0.15) is 5.10 Å². The Balaban J connectivity index is 1.88. The van der Waals surface area contributed by atoms with Gasteiger partial charge < -0.3 is 19.9 Å². The molecule has 8 nitrogen and oxygen atoms in total. The number of para-hydroxylation sites is 3. The predicted molar refractivity (Wildman–Crippen MR) is 96.8 cm³/mol. The average molecular weight is 357 g/mol. The highest BCUT2D eigenvalue weighted by atomic mass is 16.5. The van der Waals surface area contributed by atoms with Gasteiger partial charge in [-0.25, -0.2) is 10.2 Å². The van der Waals surface area contributed by atoms with Crippen molar-refractivity contribution in [3.05, 3.63) is 54.1 Å². The Kier molecular flexibility index (Phi) is 6.99. The van der Waals surface area contributed by atoms with E-state index < -0.39 is 12.6 Å². The van der Waals surface area contributed by atoms with Gasteiger partial charge in [-0.05, 0) is 24.3 Å². The first-order chi connectivity index (χ1) is 12.6. The standard InChI is InChI=1S/C18H19N3O5/c1-25-16-9-5-3-7-14(16)19-11-17(22)21-20-10-13-6-2-4-8-15(13)26-12-18(23)24/h2-10,19H,11-12H2,1H3,(H,21,22)(H,23,24)/b20-10+. The van der Waals surface area contributed by atoms with Gasteiger partial charge in [0.15, 0.2) is 6.61 Å². The summed E-state index contributed by atoms with van der Waals surface area (Å²) in [7, 11) is 1.55. The van der Waals surface area contributed by atoms with Gasteiger partial charge in [-0.15, -0.1) is 0 Å². The van der Waals surface area contributed by atoms with Crippen LogP contribution in [0.5, 0.6) is 11.5 Å². The molecule has 0 aliphatic carbocycles. The van der Waals surface area contributed by atoms with E-state index >= 15 is 0 Å². The van der Waals surface area contributed by atoms with Crippen LogP contribution in [-0.2, 0) is 9.59 Å². The molecule has 2 aromatic rings. The number of hydrogen-bond donors (Lipinski definition) is 3. The molecule has 0 bridgehead atoms. The van der Waals surface area contributed by atoms with Crippen molar-refractivity contribution in [2.24, 2.45) is 5.10 Å². The highest BCUT2D eigenvalue weighted by Gasteiger charge is 2.05. The van der Waals surface area contributed by atoms with Gasteiger partial charge in [0.1, 0.15) is 11.5 Å². The summed E-state index contributed by atoms with van der Waals surface area (Å²) in [6, 6.07) is 14.0. The summed E-state index contributed by atoms with van der Waals surface area (Å²) < 4.78 is 10.3. The molecule has 0 radical (unpaired) electrons. The molecule has 26 heavy (non-hydrogen) atoms. The lowest BCUT2D eigenvalue weighted by Crippen LogP contribution is -2.26. The molecule has 0 fully saturated rings. The van der Waals surface area contributed by atoms with E-state index in [9.17, 15) is 9.59 Å². The second-order valence-corrected chi connectivity index (χ2v) is 5.07. The zero-order chi connectivity index (χ0) is 18.8. The van der Waals surface area contributed by atoms with Crippen molar-refractivity contribution in [3.8, 4) is 11.5 Å². The number of carboxylic acid groups (broad SMARTS) is 1. The van der Waals surface area contributed by atoms with E-state index in [0.29, 0.717) is 22.7 Å². The second kappa shape index (κ2) is 9.67. The van der Waals surface area contributed by atoms with Crippen molar-refractivity contribution in [2.45, 2.75) is 0 Å². The highest BCUT2D eigenvalue weighted by molar-refractivity contribution is 5.86. The van der Waals surface area contributed by atoms with E-state index in [4.69, 9.17) is 14.6 Å². The number of nitrogens with zero attached hydrogens (tertiary/aromatic N) is 1. The van der Waals surface area contributed by atoms with Gasteiger partial charge in [0.25, 0.3) is 5.91 Å². The molecule has 2 aromatic carbocycles. The van der Waals surface area contributed by atoms with E-state index in [0.717, 1.165) is 0 Å². The van der Waals surface area contributed by atoms with Crippen LogP contribution in [0.1, 0.15) is 5.56 Å². The fraction of sp³-hybridized carbons (Fsp3) is 0.167. The van der Waals surface area contributed by atoms with Crippen molar-refractivity contribution in [1.82, 2.24) is 5.43 Å². The summed E-state index contributed by atoms with van der Waals surface area (Å²) in [5, 5.41) is 15.5. The summed E-state index contributed by atoms with van der Waals surface area (Å²) in [6.45, 7) is -0.449. The minimum absolute atomic E-state index is 0.00880. The van der Waals surface area contributed by atoms with Crippen LogP contribution in [-0.4, -0.2) is 43.5 Å². The number of benzene rings is 2. The van der Waals surface area contributed by atoms with Crippen LogP contribution in [0, 0.1) is 0 Å². The quantitative estimate of drug-likeness (QED) is 0.466. The number of rotatable bonds is 9. The molecule has 0 heterocycles. The number of hydrogen-bond acceptors (Lipinski definition) is 6. The third kappa shape index (κ3) is 5.82. The average Bonchev–Trinajstić information content (AvgIpc) is 2.65. The lowest BCUT2D eigenvalue weighted by atomic mass is 10.2. The number of carbonyl (C=O) groups excluding carboxylic acids is 1. The summed E-state index contributed by atoms with van der Waals surface area (Å²) in [6.07, 6.45) is 1.39. The van der Waals surface area contributed by atoms with Crippen LogP contribution >= 0.6 is 0 Å². The monoisotopic (exact) mass is 357 g/mol. The Morgan fingerprint density at radius 3 is 2.54 bits per heavy atom. The molecule has 136 valence electrons. The lowest BCUT2D eigenvalue weighted by Gasteiger charge is -2.09. The molecule has 0 unspecified atom stereocenters. The van der Waals surface area contributed by atoms with Gasteiger partial charge in [0.2, 0.25) is 0 Å². The van der Waals surface area contributed by atoms with E-state index in [-0.39, 0.29) is 12.5 Å². The number of nitrogens with one attached hydrogen (secondary N) is 2. The first-order valence-electron chi connectivity index (χ1n) is 7.72. The van der Waals surface area contributed by atoms with Crippen LogP contribution < -0.4 is 20.2 Å². The van der Waals surface area contributed by atoms with Crippen molar-refractivity contribution < 1.29 is 24.2 Å². The van der Waals surface area contributed by atoms with Crippen LogP contribution in [0.4, 0.5) is 5.69 Å². The van der Waals surface area contributed by atoms with Crippen LogP contribution in [0.15, 0.2) is 53.6 Å². The minimum Gasteiger partial charge on any atom is -0.495 e. The molecule has 3 N–H and O–H groups in total. The van der Waals surface area contributed by atoms with Gasteiger partial charge in [0, 0.05) is 5.56 Å². The number of methoxy groups -OCH3 is 1. The van der Waals surface area contributed by atoms with Crippen molar-refractivity contribution in [1.29, 1.82) is 0 Å². The summed E-state index contributed by atoms with van der Waals surface area (Å²) in [5.41, 5.74) is 3.63. The first kappa shape index (κ1) is 18.8. The lowest BCUT2D eigenvalue weighted by molar-refractivity contribution is -0.139. The topological polar surface area (TPSA) is 109 Å². The molecule has 0 saturated heterocycles. The minimum atomic E-state index is -1.08. The highest BCUT2D eigenvalue weighted by Crippen LogP contribution is 2.22. The number of amides is 1. The normalized spacial score (nSPS) is 10.3. The molecule has 0 spiro atoms. The van der Waals surface area contributed by atoms with Crippen molar-refractivity contribution >= 4 is 23.8 Å². The number of ether oxygens (including phenoxy) is 2. The third-order valence-corrected chi connectivity index (χ3v) is 3.21. The zero-order valence-electron chi connectivity index (χ0n) is 14.1. The molecule has 0 aliphatic rings. The molecule has 0 saturated carbocycles. The van der Waals surface area contributed by atoms with Crippen LogP contribution in [0.25, 0.3) is 0 Å². The van der Waals surface area contributed by atoms with E-state index in [1.807, 2.05) is 12.1 Å².